The first-order valence-electron chi connectivity index (χ1n) is 6.48. The van der Waals surface area contributed by atoms with E-state index in [-0.39, 0.29) is 0 Å². The molecule has 18 heavy (non-hydrogen) atoms. The predicted octanol–water partition coefficient (Wildman–Crippen LogP) is 3.48. The summed E-state index contributed by atoms with van der Waals surface area (Å²) < 4.78 is 7.90. The zero-order valence-corrected chi connectivity index (χ0v) is 11.0. The van der Waals surface area contributed by atoms with Gasteiger partial charge in [0.25, 0.3) is 0 Å². The molecule has 3 heteroatoms. The highest BCUT2D eigenvalue weighted by atomic mass is 16.5. The second-order valence-corrected chi connectivity index (χ2v) is 4.50. The molecule has 2 rings (SSSR count). The van der Waals surface area contributed by atoms with Crippen LogP contribution in [-0.4, -0.2) is 16.2 Å². The molecule has 0 N–H and O–H groups in total. The molecule has 0 aliphatic carbocycles. The number of nitrogens with zero attached hydrogens (tertiary/aromatic N) is 2. The normalized spacial score (nSPS) is 12.3. The maximum Gasteiger partial charge on any atom is 0.122 e. The second-order valence-electron chi connectivity index (χ2n) is 4.50. The molecule has 0 saturated heterocycles. The summed E-state index contributed by atoms with van der Waals surface area (Å²) in [6.07, 6.45) is 6.67. The van der Waals surface area contributed by atoms with Crippen LogP contribution in [0.15, 0.2) is 43.0 Å². The minimum atomic E-state index is 0.537. The molecule has 0 spiro atoms. The monoisotopic (exact) mass is 244 g/mol. The number of imidazole rings is 1. The van der Waals surface area contributed by atoms with Gasteiger partial charge in [-0.15, -0.1) is 0 Å². The first-order chi connectivity index (χ1) is 8.81. The quantitative estimate of drug-likeness (QED) is 0.778. The second kappa shape index (κ2) is 6.24. The standard InChI is InChI=1S/C15H20N2O/c1-3-13(2)14-6-4-5-7-15(14)18-11-10-17-9-8-16-12-17/h4-9,12-13H,3,10-11H2,1-2H3/t13-/m1/s1. The Kier molecular flexibility index (Phi) is 4.40. The van der Waals surface area contributed by atoms with Crippen molar-refractivity contribution in [1.82, 2.24) is 9.55 Å². The molecule has 0 radical (unpaired) electrons. The van der Waals surface area contributed by atoms with E-state index in [1.54, 1.807) is 6.20 Å². The van der Waals surface area contributed by atoms with E-state index in [1.807, 2.05) is 23.2 Å². The van der Waals surface area contributed by atoms with Gasteiger partial charge in [-0.2, -0.15) is 0 Å². The van der Waals surface area contributed by atoms with Crippen molar-refractivity contribution in [3.63, 3.8) is 0 Å². The summed E-state index contributed by atoms with van der Waals surface area (Å²) in [5, 5.41) is 0. The third-order valence-electron chi connectivity index (χ3n) is 3.23. The highest BCUT2D eigenvalue weighted by Gasteiger charge is 2.09. The molecule has 0 fully saturated rings. The maximum atomic E-state index is 5.88. The smallest absolute Gasteiger partial charge is 0.122 e. The van der Waals surface area contributed by atoms with Crippen molar-refractivity contribution in [2.45, 2.75) is 32.7 Å². The first kappa shape index (κ1) is 12.7. The lowest BCUT2D eigenvalue weighted by Gasteiger charge is -2.15. The van der Waals surface area contributed by atoms with Gasteiger partial charge in [-0.25, -0.2) is 4.98 Å². The summed E-state index contributed by atoms with van der Waals surface area (Å²) in [4.78, 5) is 4.01. The summed E-state index contributed by atoms with van der Waals surface area (Å²) >= 11 is 0. The van der Waals surface area contributed by atoms with Crippen molar-refractivity contribution in [1.29, 1.82) is 0 Å². The van der Waals surface area contributed by atoms with Crippen LogP contribution in [0.5, 0.6) is 5.75 Å². The zero-order chi connectivity index (χ0) is 12.8. The van der Waals surface area contributed by atoms with Crippen molar-refractivity contribution in [2.75, 3.05) is 6.61 Å². The van der Waals surface area contributed by atoms with Crippen LogP contribution in [0.25, 0.3) is 0 Å². The molecular formula is C15H20N2O. The van der Waals surface area contributed by atoms with Crippen molar-refractivity contribution in [3.05, 3.63) is 48.5 Å². The Bertz CT molecular complexity index is 465. The molecule has 0 unspecified atom stereocenters. The average molecular weight is 244 g/mol. The lowest BCUT2D eigenvalue weighted by molar-refractivity contribution is 0.294. The van der Waals surface area contributed by atoms with E-state index >= 15 is 0 Å². The Morgan fingerprint density at radius 2 is 2.17 bits per heavy atom. The van der Waals surface area contributed by atoms with Gasteiger partial charge in [-0.1, -0.05) is 32.0 Å². The van der Waals surface area contributed by atoms with Crippen LogP contribution in [0.4, 0.5) is 0 Å². The fraction of sp³-hybridized carbons (Fsp3) is 0.400. The van der Waals surface area contributed by atoms with Gasteiger partial charge in [0.05, 0.1) is 12.9 Å². The van der Waals surface area contributed by atoms with E-state index < -0.39 is 0 Å². The van der Waals surface area contributed by atoms with Gasteiger partial charge in [0.1, 0.15) is 12.4 Å². The van der Waals surface area contributed by atoms with Crippen LogP contribution < -0.4 is 4.74 Å². The first-order valence-corrected chi connectivity index (χ1v) is 6.48. The van der Waals surface area contributed by atoms with Crippen LogP contribution in [0.3, 0.4) is 0 Å². The molecule has 0 aliphatic heterocycles. The van der Waals surface area contributed by atoms with E-state index in [4.69, 9.17) is 4.74 Å². The average Bonchev–Trinajstić information content (AvgIpc) is 2.92. The third-order valence-corrected chi connectivity index (χ3v) is 3.23. The van der Waals surface area contributed by atoms with Crippen molar-refractivity contribution >= 4 is 0 Å². The summed E-state index contributed by atoms with van der Waals surface area (Å²) in [5.41, 5.74) is 1.30. The Morgan fingerprint density at radius 3 is 2.89 bits per heavy atom. The van der Waals surface area contributed by atoms with Crippen LogP contribution >= 0.6 is 0 Å². The highest BCUT2D eigenvalue weighted by Crippen LogP contribution is 2.28. The Balaban J connectivity index is 1.96. The number of rotatable bonds is 6. The van der Waals surface area contributed by atoms with Crippen LogP contribution in [0.2, 0.25) is 0 Å². The van der Waals surface area contributed by atoms with Crippen molar-refractivity contribution in [2.24, 2.45) is 0 Å². The molecule has 1 atom stereocenters. The SMILES string of the molecule is CC[C@@H](C)c1ccccc1OCCn1ccnc1. The molecule has 0 amide bonds. The van der Waals surface area contributed by atoms with Gasteiger partial charge in [0.15, 0.2) is 0 Å². The molecule has 1 heterocycles. The fourth-order valence-electron chi connectivity index (χ4n) is 1.92. The third kappa shape index (κ3) is 3.13. The number of benzene rings is 1. The van der Waals surface area contributed by atoms with E-state index in [9.17, 15) is 0 Å². The van der Waals surface area contributed by atoms with Crippen LogP contribution in [-0.2, 0) is 6.54 Å². The highest BCUT2D eigenvalue weighted by molar-refractivity contribution is 5.35. The largest absolute Gasteiger partial charge is 0.491 e. The van der Waals surface area contributed by atoms with E-state index in [0.717, 1.165) is 18.7 Å². The number of hydrogen-bond acceptors (Lipinski definition) is 2. The number of ether oxygens (including phenoxy) is 1. The lowest BCUT2D eigenvalue weighted by Crippen LogP contribution is -2.08. The predicted molar refractivity (Wildman–Crippen MR) is 72.9 cm³/mol. The summed E-state index contributed by atoms with van der Waals surface area (Å²) in [7, 11) is 0. The number of para-hydroxylation sites is 1. The van der Waals surface area contributed by atoms with Crippen molar-refractivity contribution in [3.8, 4) is 5.75 Å². The van der Waals surface area contributed by atoms with Gasteiger partial charge in [-0.3, -0.25) is 0 Å². The summed E-state index contributed by atoms with van der Waals surface area (Å²) in [5.74, 6) is 1.54. The van der Waals surface area contributed by atoms with E-state index in [0.29, 0.717) is 12.5 Å². The summed E-state index contributed by atoms with van der Waals surface area (Å²) in [6.45, 7) is 5.93. The zero-order valence-electron chi connectivity index (χ0n) is 11.0. The number of aromatic nitrogens is 2. The molecule has 1 aromatic carbocycles. The minimum Gasteiger partial charge on any atom is -0.491 e. The molecule has 0 bridgehead atoms. The molecular weight excluding hydrogens is 224 g/mol. The van der Waals surface area contributed by atoms with Crippen LogP contribution in [0, 0.1) is 0 Å². The van der Waals surface area contributed by atoms with E-state index in [2.05, 4.69) is 37.0 Å². The molecule has 2 aromatic rings. The topological polar surface area (TPSA) is 27.1 Å². The maximum absolute atomic E-state index is 5.88. The van der Waals surface area contributed by atoms with Gasteiger partial charge >= 0.3 is 0 Å². The molecule has 1 aromatic heterocycles. The van der Waals surface area contributed by atoms with Gasteiger partial charge in [0, 0.05) is 12.4 Å². The Morgan fingerprint density at radius 1 is 1.33 bits per heavy atom. The van der Waals surface area contributed by atoms with Gasteiger partial charge < -0.3 is 9.30 Å². The molecule has 0 aliphatic rings. The van der Waals surface area contributed by atoms with Crippen LogP contribution in [0.1, 0.15) is 31.7 Å². The van der Waals surface area contributed by atoms with Gasteiger partial charge in [0.2, 0.25) is 0 Å². The van der Waals surface area contributed by atoms with Gasteiger partial charge in [-0.05, 0) is 24.0 Å². The molecule has 3 nitrogen and oxygen atoms in total. The number of hydrogen-bond donors (Lipinski definition) is 0. The fourth-order valence-corrected chi connectivity index (χ4v) is 1.92. The van der Waals surface area contributed by atoms with Crippen molar-refractivity contribution < 1.29 is 4.74 Å². The van der Waals surface area contributed by atoms with E-state index in [1.165, 1.54) is 5.56 Å². The summed E-state index contributed by atoms with van der Waals surface area (Å²) in [6, 6.07) is 8.30. The molecule has 96 valence electrons. The Labute approximate surface area is 108 Å². The Hall–Kier alpha value is -1.77. The lowest BCUT2D eigenvalue weighted by atomic mass is 9.98. The minimum absolute atomic E-state index is 0.537. The molecule has 0 saturated carbocycles.